The fourth-order valence-electron chi connectivity index (χ4n) is 1.65. The van der Waals surface area contributed by atoms with E-state index in [0.29, 0.717) is 6.54 Å². The molecule has 0 spiro atoms. The predicted molar refractivity (Wildman–Crippen MR) is 79.2 cm³/mol. The average Bonchev–Trinajstić information content (AvgIpc) is 2.49. The maximum Gasteiger partial charge on any atom is 0.326 e. The van der Waals surface area contributed by atoms with Crippen molar-refractivity contribution in [1.29, 1.82) is 5.26 Å². The molecule has 0 bridgehead atoms. The monoisotopic (exact) mass is 302 g/mol. The zero-order valence-corrected chi connectivity index (χ0v) is 12.4. The summed E-state index contributed by atoms with van der Waals surface area (Å²) in [5.74, 6) is -2.14. The number of nitrogens with one attached hydrogen (secondary N) is 2. The second-order valence-electron chi connectivity index (χ2n) is 4.94. The van der Waals surface area contributed by atoms with Gasteiger partial charge in [0.05, 0.1) is 0 Å². The molecule has 22 heavy (non-hydrogen) atoms. The summed E-state index contributed by atoms with van der Waals surface area (Å²) in [6.07, 6.45) is 4.55. The second-order valence-corrected chi connectivity index (χ2v) is 4.94. The molecule has 1 unspecified atom stereocenters. The van der Waals surface area contributed by atoms with Crippen molar-refractivity contribution >= 4 is 11.9 Å². The molecule has 116 valence electrons. The van der Waals surface area contributed by atoms with Crippen LogP contribution in [0.1, 0.15) is 19.4 Å². The number of nitrogens with zero attached hydrogens (tertiary/aromatic N) is 2. The first kappa shape index (κ1) is 17.2. The molecule has 0 aliphatic rings. The van der Waals surface area contributed by atoms with Crippen LogP contribution in [0.3, 0.4) is 0 Å². The number of hydrogen-bond acceptors (Lipinski definition) is 5. The third-order valence-corrected chi connectivity index (χ3v) is 2.89. The summed E-state index contributed by atoms with van der Waals surface area (Å²) in [5, 5.41) is 23.2. The van der Waals surface area contributed by atoms with Crippen LogP contribution in [0.25, 0.3) is 0 Å². The summed E-state index contributed by atoms with van der Waals surface area (Å²) < 4.78 is 0. The molecule has 7 nitrogen and oxygen atoms in total. The van der Waals surface area contributed by atoms with E-state index in [4.69, 9.17) is 10.4 Å². The normalized spacial score (nSPS) is 12.4. The van der Waals surface area contributed by atoms with Crippen LogP contribution < -0.4 is 10.6 Å². The Bertz CT molecular complexity index is 591. The number of rotatable bonds is 7. The van der Waals surface area contributed by atoms with Crippen molar-refractivity contribution in [2.75, 3.05) is 0 Å². The van der Waals surface area contributed by atoms with Crippen molar-refractivity contribution in [3.05, 3.63) is 41.9 Å². The van der Waals surface area contributed by atoms with Gasteiger partial charge in [-0.05, 0) is 23.6 Å². The standard InChI is InChI=1S/C15H18N4O3/c1-10(2)13(15(21)22)19-14(20)12(7-16)9-18-8-11-3-5-17-6-4-11/h3-6,9-10,13,18H,8H2,1-2H3,(H,19,20)(H,21,22)/b12-9-. The minimum Gasteiger partial charge on any atom is -0.480 e. The van der Waals surface area contributed by atoms with Crippen molar-refractivity contribution in [3.8, 4) is 6.07 Å². The topological polar surface area (TPSA) is 115 Å². The molecule has 0 aliphatic heterocycles. The molecule has 0 radical (unpaired) electrons. The van der Waals surface area contributed by atoms with Crippen molar-refractivity contribution in [3.63, 3.8) is 0 Å². The van der Waals surface area contributed by atoms with Crippen LogP contribution in [0.4, 0.5) is 0 Å². The summed E-state index contributed by atoms with van der Waals surface area (Å²) >= 11 is 0. The van der Waals surface area contributed by atoms with Crippen LogP contribution in [0.5, 0.6) is 0 Å². The molecular weight excluding hydrogens is 284 g/mol. The van der Waals surface area contributed by atoms with Gasteiger partial charge in [-0.25, -0.2) is 4.79 Å². The Hall–Kier alpha value is -2.88. The zero-order chi connectivity index (χ0) is 16.5. The lowest BCUT2D eigenvalue weighted by Gasteiger charge is -2.17. The molecule has 1 atom stereocenters. The molecule has 7 heteroatoms. The number of carbonyl (C=O) groups is 2. The van der Waals surface area contributed by atoms with Gasteiger partial charge in [0.15, 0.2) is 0 Å². The van der Waals surface area contributed by atoms with Crippen LogP contribution in [-0.2, 0) is 16.1 Å². The van der Waals surface area contributed by atoms with Crippen LogP contribution >= 0.6 is 0 Å². The molecule has 0 fully saturated rings. The largest absolute Gasteiger partial charge is 0.480 e. The van der Waals surface area contributed by atoms with Crippen LogP contribution in [0.15, 0.2) is 36.3 Å². The van der Waals surface area contributed by atoms with E-state index < -0.39 is 17.9 Å². The van der Waals surface area contributed by atoms with Gasteiger partial charge >= 0.3 is 5.97 Å². The van der Waals surface area contributed by atoms with E-state index in [2.05, 4.69) is 15.6 Å². The molecule has 1 heterocycles. The molecule has 0 aromatic carbocycles. The maximum atomic E-state index is 11.9. The molecule has 1 aromatic heterocycles. The lowest BCUT2D eigenvalue weighted by atomic mass is 10.0. The smallest absolute Gasteiger partial charge is 0.326 e. The second kappa shape index (κ2) is 8.42. The first-order valence-electron chi connectivity index (χ1n) is 6.72. The van der Waals surface area contributed by atoms with Crippen molar-refractivity contribution in [2.24, 2.45) is 5.92 Å². The summed E-state index contributed by atoms with van der Waals surface area (Å²) in [5.41, 5.74) is 0.760. The lowest BCUT2D eigenvalue weighted by Crippen LogP contribution is -2.44. The Kier molecular flexibility index (Phi) is 6.57. The zero-order valence-electron chi connectivity index (χ0n) is 12.4. The van der Waals surface area contributed by atoms with Crippen LogP contribution in [-0.4, -0.2) is 28.0 Å². The first-order chi connectivity index (χ1) is 10.5. The highest BCUT2D eigenvalue weighted by Crippen LogP contribution is 2.03. The van der Waals surface area contributed by atoms with Crippen molar-refractivity contribution in [1.82, 2.24) is 15.6 Å². The molecule has 3 N–H and O–H groups in total. The van der Waals surface area contributed by atoms with Crippen molar-refractivity contribution in [2.45, 2.75) is 26.4 Å². The van der Waals surface area contributed by atoms with E-state index in [1.165, 1.54) is 6.20 Å². The number of aromatic nitrogens is 1. The quantitative estimate of drug-likeness (QED) is 0.507. The highest BCUT2D eigenvalue weighted by atomic mass is 16.4. The SMILES string of the molecule is CC(C)C(NC(=O)/C(C#N)=C\NCc1ccncc1)C(=O)O. The van der Waals surface area contributed by atoms with Gasteiger partial charge in [0.2, 0.25) is 0 Å². The number of nitriles is 1. The van der Waals surface area contributed by atoms with Crippen LogP contribution in [0.2, 0.25) is 0 Å². The number of carboxylic acids is 1. The molecule has 0 saturated carbocycles. The molecule has 1 rings (SSSR count). The Labute approximate surface area is 128 Å². The third kappa shape index (κ3) is 5.25. The van der Waals surface area contributed by atoms with Gasteiger partial charge in [-0.15, -0.1) is 0 Å². The highest BCUT2D eigenvalue weighted by molar-refractivity contribution is 5.99. The first-order valence-corrected chi connectivity index (χ1v) is 6.72. The van der Waals surface area contributed by atoms with Gasteiger partial charge in [-0.3, -0.25) is 9.78 Å². The highest BCUT2D eigenvalue weighted by Gasteiger charge is 2.24. The fourth-order valence-corrected chi connectivity index (χ4v) is 1.65. The van der Waals surface area contributed by atoms with Gasteiger partial charge in [0.1, 0.15) is 17.7 Å². The number of pyridine rings is 1. The molecule has 0 aliphatic carbocycles. The molecular formula is C15H18N4O3. The Morgan fingerprint density at radius 2 is 2.05 bits per heavy atom. The number of aliphatic carboxylic acids is 1. The number of carboxylic acid groups (broad SMARTS) is 1. The number of amides is 1. The molecule has 1 aromatic rings. The van der Waals surface area contributed by atoms with E-state index in [1.54, 1.807) is 44.4 Å². The van der Waals surface area contributed by atoms with Gasteiger partial charge in [-0.1, -0.05) is 13.8 Å². The molecule has 1 amide bonds. The van der Waals surface area contributed by atoms with Gasteiger partial charge < -0.3 is 15.7 Å². The summed E-state index contributed by atoms with van der Waals surface area (Å²) in [4.78, 5) is 26.9. The van der Waals surface area contributed by atoms with Gasteiger partial charge in [0, 0.05) is 25.1 Å². The predicted octanol–water partition coefficient (Wildman–Crippen LogP) is 0.804. The average molecular weight is 302 g/mol. The number of carbonyl (C=O) groups excluding carboxylic acids is 1. The van der Waals surface area contributed by atoms with Crippen molar-refractivity contribution < 1.29 is 14.7 Å². The van der Waals surface area contributed by atoms with E-state index in [0.717, 1.165) is 5.56 Å². The van der Waals surface area contributed by atoms with Gasteiger partial charge in [-0.2, -0.15) is 5.26 Å². The number of hydrogen-bond donors (Lipinski definition) is 3. The Morgan fingerprint density at radius 3 is 2.55 bits per heavy atom. The summed E-state index contributed by atoms with van der Waals surface area (Å²) in [7, 11) is 0. The van der Waals surface area contributed by atoms with E-state index >= 15 is 0 Å². The minimum atomic E-state index is -1.13. The Balaban J connectivity index is 2.66. The fraction of sp³-hybridized carbons (Fsp3) is 0.333. The van der Waals surface area contributed by atoms with Gasteiger partial charge in [0.25, 0.3) is 5.91 Å². The summed E-state index contributed by atoms with van der Waals surface area (Å²) in [6.45, 7) is 3.78. The minimum absolute atomic E-state index is 0.180. The van der Waals surface area contributed by atoms with E-state index in [-0.39, 0.29) is 11.5 Å². The maximum absolute atomic E-state index is 11.9. The van der Waals surface area contributed by atoms with E-state index in [1.807, 2.05) is 0 Å². The van der Waals surface area contributed by atoms with E-state index in [9.17, 15) is 9.59 Å². The van der Waals surface area contributed by atoms with Crippen LogP contribution in [0, 0.1) is 17.2 Å². The lowest BCUT2D eigenvalue weighted by molar-refractivity contribution is -0.142. The molecule has 0 saturated heterocycles. The third-order valence-electron chi connectivity index (χ3n) is 2.89. The Morgan fingerprint density at radius 1 is 1.41 bits per heavy atom. The summed E-state index contributed by atoms with van der Waals surface area (Å²) in [6, 6.07) is 4.31.